The number of halogens is 1. The molecular formula is C37H40ClN11O3. The minimum Gasteiger partial charge on any atom is -0.370 e. The first-order valence-electron chi connectivity index (χ1n) is 17.9. The number of amides is 2. The van der Waals surface area contributed by atoms with Crippen LogP contribution in [-0.2, 0) is 23.7 Å². The van der Waals surface area contributed by atoms with Gasteiger partial charge < -0.3 is 20.0 Å². The molecular weight excluding hydrogens is 682 g/mol. The summed E-state index contributed by atoms with van der Waals surface area (Å²) >= 11 is 6.49. The lowest BCUT2D eigenvalue weighted by molar-refractivity contribution is -0.134. The molecule has 14 nitrogen and oxygen atoms in total. The van der Waals surface area contributed by atoms with E-state index in [2.05, 4.69) is 47.4 Å². The number of benzene rings is 1. The van der Waals surface area contributed by atoms with Gasteiger partial charge in [-0.15, -0.1) is 0 Å². The number of pyridine rings is 2. The number of nitrogens with one attached hydrogen (secondary N) is 2. The van der Waals surface area contributed by atoms with Crippen LogP contribution in [0.2, 0.25) is 5.02 Å². The lowest BCUT2D eigenvalue weighted by atomic mass is 9.72. The molecule has 4 fully saturated rings. The highest BCUT2D eigenvalue weighted by Crippen LogP contribution is 2.43. The number of piperidine rings is 2. The van der Waals surface area contributed by atoms with Crippen LogP contribution in [0.15, 0.2) is 53.6 Å². The van der Waals surface area contributed by atoms with Crippen molar-refractivity contribution in [3.05, 3.63) is 69.9 Å². The maximum Gasteiger partial charge on any atom is 0.251 e. The fourth-order valence-corrected chi connectivity index (χ4v) is 8.86. The number of para-hydroxylation sites is 1. The molecule has 9 rings (SSSR count). The molecule has 1 atom stereocenters. The number of fused-ring (bicyclic) bond motifs is 2. The van der Waals surface area contributed by atoms with Gasteiger partial charge in [-0.1, -0.05) is 23.7 Å². The Morgan fingerprint density at radius 2 is 1.77 bits per heavy atom. The lowest BCUT2D eigenvalue weighted by Crippen LogP contribution is -2.72. The second kappa shape index (κ2) is 12.6. The maximum absolute atomic E-state index is 12.6. The summed E-state index contributed by atoms with van der Waals surface area (Å²) < 4.78 is 3.42. The van der Waals surface area contributed by atoms with Crippen LogP contribution in [0.5, 0.6) is 0 Å². The molecule has 1 aromatic carbocycles. The van der Waals surface area contributed by atoms with E-state index in [0.29, 0.717) is 41.2 Å². The van der Waals surface area contributed by atoms with Gasteiger partial charge in [-0.05, 0) is 43.4 Å². The molecule has 4 saturated heterocycles. The second-order valence-electron chi connectivity index (χ2n) is 15.0. The zero-order valence-corrected chi connectivity index (χ0v) is 29.9. The molecule has 268 valence electrons. The SMILES string of the molecule is Cn1nc(C2CCC(=O)NC2=O)c2cccc(N3CCC(CN4CC5(C4)CN(c4ncc(Cl)c(Nc6cnc7c(ccc(=O)n7C)c6)n4)C5)CC3)c21. The number of anilines is 4. The van der Waals surface area contributed by atoms with Gasteiger partial charge in [0.05, 0.1) is 40.9 Å². The molecule has 0 bridgehead atoms. The summed E-state index contributed by atoms with van der Waals surface area (Å²) in [5.41, 5.74) is 4.48. The highest BCUT2D eigenvalue weighted by atomic mass is 35.5. The van der Waals surface area contributed by atoms with Crippen LogP contribution in [0.1, 0.15) is 37.3 Å². The molecule has 4 aliphatic heterocycles. The van der Waals surface area contributed by atoms with E-state index in [4.69, 9.17) is 21.7 Å². The van der Waals surface area contributed by atoms with E-state index < -0.39 is 5.92 Å². The van der Waals surface area contributed by atoms with Crippen LogP contribution in [-0.4, -0.2) is 91.8 Å². The largest absolute Gasteiger partial charge is 0.370 e. The smallest absolute Gasteiger partial charge is 0.251 e. The van der Waals surface area contributed by atoms with E-state index in [1.165, 1.54) is 10.6 Å². The van der Waals surface area contributed by atoms with Gasteiger partial charge >= 0.3 is 0 Å². The van der Waals surface area contributed by atoms with Gasteiger partial charge in [0.1, 0.15) is 10.7 Å². The van der Waals surface area contributed by atoms with Crippen molar-refractivity contribution in [2.45, 2.75) is 31.6 Å². The Balaban J connectivity index is 0.783. The Morgan fingerprint density at radius 1 is 0.962 bits per heavy atom. The first-order chi connectivity index (χ1) is 25.1. The normalized spacial score (nSPS) is 20.7. The average Bonchev–Trinajstić information content (AvgIpc) is 3.44. The summed E-state index contributed by atoms with van der Waals surface area (Å²) in [6, 6.07) is 11.5. The summed E-state index contributed by atoms with van der Waals surface area (Å²) in [5, 5.41) is 12.8. The summed E-state index contributed by atoms with van der Waals surface area (Å²) in [5.74, 6) is 0.964. The Morgan fingerprint density at radius 3 is 2.56 bits per heavy atom. The summed E-state index contributed by atoms with van der Waals surface area (Å²) in [6.45, 7) is 7.10. The predicted molar refractivity (Wildman–Crippen MR) is 199 cm³/mol. The van der Waals surface area contributed by atoms with Gasteiger partial charge in [0, 0.05) is 88.6 Å². The third kappa shape index (κ3) is 5.73. The molecule has 8 heterocycles. The zero-order chi connectivity index (χ0) is 35.7. The number of aryl methyl sites for hydroxylation is 2. The molecule has 1 unspecified atom stereocenters. The van der Waals surface area contributed by atoms with Crippen LogP contribution in [0.25, 0.3) is 21.9 Å². The lowest BCUT2D eigenvalue weighted by Gasteiger charge is -2.61. The molecule has 52 heavy (non-hydrogen) atoms. The number of imide groups is 1. The average molecular weight is 722 g/mol. The Labute approximate surface area is 304 Å². The highest BCUT2D eigenvalue weighted by Gasteiger charge is 2.52. The molecule has 2 N–H and O–H groups in total. The number of hydrogen-bond acceptors (Lipinski definition) is 11. The Kier molecular flexibility index (Phi) is 7.92. The molecule has 0 aliphatic carbocycles. The van der Waals surface area contributed by atoms with Gasteiger partial charge in [-0.2, -0.15) is 10.1 Å². The van der Waals surface area contributed by atoms with Gasteiger partial charge in [0.2, 0.25) is 17.8 Å². The van der Waals surface area contributed by atoms with Crippen LogP contribution in [0, 0.1) is 11.3 Å². The number of likely N-dealkylation sites (tertiary alicyclic amines) is 1. The molecule has 15 heteroatoms. The molecule has 4 aromatic heterocycles. The van der Waals surface area contributed by atoms with E-state index in [1.54, 1.807) is 25.5 Å². The standard InChI is InChI=1S/C37H40ClN11O3/c1-45-30(51)9-6-23-14-24(15-39-34(23)45)41-33-27(38)16-40-36(43-33)49-20-37(21-49)18-47(19-37)17-22-10-12-48(13-11-22)28-5-3-4-25-31(44-46(2)32(25)28)26-7-8-29(50)42-35(26)52/h3-6,9,14-16,22,26H,7-8,10-13,17-21H2,1-2H3,(H,40,41,43)(H,42,50,52). The van der Waals surface area contributed by atoms with Crippen LogP contribution in [0.3, 0.4) is 0 Å². The van der Waals surface area contributed by atoms with Gasteiger partial charge in [-0.25, -0.2) is 9.97 Å². The minimum absolute atomic E-state index is 0.104. The maximum atomic E-state index is 12.6. The van der Waals surface area contributed by atoms with E-state index in [0.717, 1.165) is 92.0 Å². The van der Waals surface area contributed by atoms with Gasteiger partial charge in [-0.3, -0.25) is 28.9 Å². The summed E-state index contributed by atoms with van der Waals surface area (Å²) in [7, 11) is 3.65. The van der Waals surface area contributed by atoms with Crippen molar-refractivity contribution in [1.29, 1.82) is 0 Å². The van der Waals surface area contributed by atoms with Crippen LogP contribution < -0.4 is 26.0 Å². The molecule has 0 saturated carbocycles. The van der Waals surface area contributed by atoms with E-state index >= 15 is 0 Å². The predicted octanol–water partition coefficient (Wildman–Crippen LogP) is 3.57. The Bertz CT molecular complexity index is 2300. The molecule has 4 aliphatic rings. The quantitative estimate of drug-likeness (QED) is 0.238. The van der Waals surface area contributed by atoms with Crippen molar-refractivity contribution in [1.82, 2.24) is 39.5 Å². The van der Waals surface area contributed by atoms with Gasteiger partial charge in [0.15, 0.2) is 5.82 Å². The van der Waals surface area contributed by atoms with Crippen molar-refractivity contribution >= 4 is 68.5 Å². The van der Waals surface area contributed by atoms with Crippen molar-refractivity contribution in [3.63, 3.8) is 0 Å². The topological polar surface area (TPSA) is 146 Å². The van der Waals surface area contributed by atoms with Crippen LogP contribution >= 0.6 is 11.6 Å². The van der Waals surface area contributed by atoms with Gasteiger partial charge in [0.25, 0.3) is 5.56 Å². The molecule has 0 radical (unpaired) electrons. The van der Waals surface area contributed by atoms with E-state index in [9.17, 15) is 14.4 Å². The number of hydrogen-bond donors (Lipinski definition) is 2. The first-order valence-corrected chi connectivity index (χ1v) is 18.3. The highest BCUT2D eigenvalue weighted by molar-refractivity contribution is 6.33. The fraction of sp³-hybridized carbons (Fsp3) is 0.432. The van der Waals surface area contributed by atoms with Crippen molar-refractivity contribution in [2.75, 3.05) is 60.9 Å². The zero-order valence-electron chi connectivity index (χ0n) is 29.2. The summed E-state index contributed by atoms with van der Waals surface area (Å²) in [4.78, 5) is 57.4. The number of carbonyl (C=O) groups is 2. The first kappa shape index (κ1) is 32.8. The van der Waals surface area contributed by atoms with Crippen molar-refractivity contribution in [2.24, 2.45) is 25.4 Å². The number of nitrogens with zero attached hydrogens (tertiary/aromatic N) is 9. The third-order valence-electron chi connectivity index (χ3n) is 11.3. The molecule has 2 amide bonds. The van der Waals surface area contributed by atoms with E-state index in [-0.39, 0.29) is 22.8 Å². The van der Waals surface area contributed by atoms with Crippen molar-refractivity contribution in [3.8, 4) is 0 Å². The van der Waals surface area contributed by atoms with E-state index in [1.807, 2.05) is 23.9 Å². The second-order valence-corrected chi connectivity index (χ2v) is 15.4. The number of carbonyl (C=O) groups excluding carboxylic acids is 2. The summed E-state index contributed by atoms with van der Waals surface area (Å²) in [6.07, 6.45) is 6.40. The number of rotatable bonds is 7. The minimum atomic E-state index is -0.405. The molecule has 1 spiro atoms. The number of aromatic nitrogens is 6. The fourth-order valence-electron chi connectivity index (χ4n) is 8.73. The van der Waals surface area contributed by atoms with Crippen LogP contribution in [0.4, 0.5) is 23.1 Å². The van der Waals surface area contributed by atoms with Crippen molar-refractivity contribution < 1.29 is 9.59 Å². The Hall–Kier alpha value is -5.08. The monoisotopic (exact) mass is 721 g/mol. The molecule has 5 aromatic rings. The third-order valence-corrected chi connectivity index (χ3v) is 11.6.